The summed E-state index contributed by atoms with van der Waals surface area (Å²) in [6, 6.07) is 2.23. The van der Waals surface area contributed by atoms with E-state index in [1.165, 1.54) is 0 Å². The van der Waals surface area contributed by atoms with E-state index < -0.39 is 11.5 Å². The minimum atomic E-state index is -0.800. The predicted octanol–water partition coefficient (Wildman–Crippen LogP) is 1.69. The van der Waals surface area contributed by atoms with Crippen molar-refractivity contribution in [1.82, 2.24) is 4.90 Å². The minimum absolute atomic E-state index is 0.0691. The van der Waals surface area contributed by atoms with Gasteiger partial charge in [-0.05, 0) is 26.2 Å². The molecular formula is C13H22N2O2. The van der Waals surface area contributed by atoms with E-state index in [1.54, 1.807) is 18.9 Å². The molecule has 1 N–H and O–H groups in total. The molecule has 4 heteroatoms. The summed E-state index contributed by atoms with van der Waals surface area (Å²) >= 11 is 0. The maximum Gasteiger partial charge on any atom is 0.242 e. The molecule has 1 amide bonds. The maximum absolute atomic E-state index is 12.3. The number of hydrogen-bond acceptors (Lipinski definition) is 3. The number of carbonyl (C=O) groups excluding carboxylic acids is 1. The molecule has 17 heavy (non-hydrogen) atoms. The van der Waals surface area contributed by atoms with Gasteiger partial charge >= 0.3 is 0 Å². The second-order valence-electron chi connectivity index (χ2n) is 5.12. The lowest BCUT2D eigenvalue weighted by Gasteiger charge is -2.33. The number of amides is 1. The highest BCUT2D eigenvalue weighted by atomic mass is 16.3. The molecule has 1 atom stereocenters. The van der Waals surface area contributed by atoms with E-state index in [2.05, 4.69) is 6.07 Å². The number of rotatable bonds is 4. The van der Waals surface area contributed by atoms with Crippen LogP contribution in [0, 0.1) is 16.7 Å². The third-order valence-corrected chi connectivity index (χ3v) is 3.56. The number of carbonyl (C=O) groups is 1. The van der Waals surface area contributed by atoms with E-state index in [0.29, 0.717) is 25.8 Å². The normalized spacial score (nSPS) is 20.4. The van der Waals surface area contributed by atoms with Crippen molar-refractivity contribution in [3.63, 3.8) is 0 Å². The van der Waals surface area contributed by atoms with Crippen molar-refractivity contribution in [3.8, 4) is 6.07 Å². The van der Waals surface area contributed by atoms with E-state index in [0.717, 1.165) is 19.3 Å². The Kier molecular flexibility index (Phi) is 4.95. The van der Waals surface area contributed by atoms with Gasteiger partial charge in [0.15, 0.2) is 0 Å². The summed E-state index contributed by atoms with van der Waals surface area (Å²) in [7, 11) is 1.72. The summed E-state index contributed by atoms with van der Waals surface area (Å²) < 4.78 is 0. The first kappa shape index (κ1) is 14.0. The Morgan fingerprint density at radius 1 is 1.47 bits per heavy atom. The molecule has 0 bridgehead atoms. The highest BCUT2D eigenvalue weighted by molar-refractivity contribution is 5.85. The van der Waals surface area contributed by atoms with Crippen molar-refractivity contribution in [1.29, 1.82) is 5.26 Å². The molecule has 1 unspecified atom stereocenters. The van der Waals surface area contributed by atoms with E-state index in [9.17, 15) is 15.2 Å². The molecule has 96 valence electrons. The van der Waals surface area contributed by atoms with Gasteiger partial charge in [-0.3, -0.25) is 4.79 Å². The van der Waals surface area contributed by atoms with Crippen LogP contribution in [0.1, 0.15) is 45.4 Å². The molecule has 0 aromatic carbocycles. The van der Waals surface area contributed by atoms with Crippen molar-refractivity contribution in [2.75, 3.05) is 13.6 Å². The largest absolute Gasteiger partial charge is 0.393 e. The standard InChI is InChI=1S/C13H22N2O2/c1-11(16)6-9-15(2)12(17)13(10-14)7-4-3-5-8-13/h11,16H,3-9H2,1-2H3. The third kappa shape index (κ3) is 3.44. The van der Waals surface area contributed by atoms with Crippen LogP contribution in [0.2, 0.25) is 0 Å². The Hall–Kier alpha value is -1.08. The SMILES string of the molecule is CC(O)CCN(C)C(=O)C1(C#N)CCCCC1. The summed E-state index contributed by atoms with van der Waals surface area (Å²) in [5.74, 6) is -0.0691. The zero-order valence-electron chi connectivity index (χ0n) is 10.8. The van der Waals surface area contributed by atoms with Crippen LogP contribution < -0.4 is 0 Å². The summed E-state index contributed by atoms with van der Waals surface area (Å²) in [6.45, 7) is 2.22. The lowest BCUT2D eigenvalue weighted by Crippen LogP contribution is -2.43. The van der Waals surface area contributed by atoms with Gasteiger partial charge in [0.1, 0.15) is 5.41 Å². The summed E-state index contributed by atoms with van der Waals surface area (Å²) in [5.41, 5.74) is -0.800. The molecule has 0 saturated heterocycles. The van der Waals surface area contributed by atoms with Crippen LogP contribution in [-0.2, 0) is 4.79 Å². The second kappa shape index (κ2) is 6.02. The summed E-state index contributed by atoms with van der Waals surface area (Å²) in [6.07, 6.45) is 4.56. The van der Waals surface area contributed by atoms with E-state index in [1.807, 2.05) is 0 Å². The highest BCUT2D eigenvalue weighted by Gasteiger charge is 2.41. The van der Waals surface area contributed by atoms with Crippen molar-refractivity contribution in [2.45, 2.75) is 51.6 Å². The van der Waals surface area contributed by atoms with Crippen LogP contribution in [-0.4, -0.2) is 35.6 Å². The topological polar surface area (TPSA) is 64.3 Å². The Morgan fingerprint density at radius 2 is 2.06 bits per heavy atom. The summed E-state index contributed by atoms with van der Waals surface area (Å²) in [5, 5.41) is 18.5. The Balaban J connectivity index is 2.62. The molecule has 1 aliphatic rings. The number of nitrogens with zero attached hydrogens (tertiary/aromatic N) is 2. The van der Waals surface area contributed by atoms with Crippen molar-refractivity contribution in [2.24, 2.45) is 5.41 Å². The fourth-order valence-corrected chi connectivity index (χ4v) is 2.38. The van der Waals surface area contributed by atoms with Gasteiger partial charge in [-0.25, -0.2) is 0 Å². The van der Waals surface area contributed by atoms with Gasteiger partial charge in [-0.2, -0.15) is 5.26 Å². The number of nitriles is 1. The fourth-order valence-electron chi connectivity index (χ4n) is 2.38. The van der Waals surface area contributed by atoms with Crippen LogP contribution in [0.5, 0.6) is 0 Å². The van der Waals surface area contributed by atoms with Crippen molar-refractivity contribution < 1.29 is 9.90 Å². The zero-order valence-corrected chi connectivity index (χ0v) is 10.8. The molecule has 0 heterocycles. The highest BCUT2D eigenvalue weighted by Crippen LogP contribution is 2.37. The number of aliphatic hydroxyl groups is 1. The maximum atomic E-state index is 12.3. The third-order valence-electron chi connectivity index (χ3n) is 3.56. The van der Waals surface area contributed by atoms with E-state index >= 15 is 0 Å². The summed E-state index contributed by atoms with van der Waals surface area (Å²) in [4.78, 5) is 13.9. The van der Waals surface area contributed by atoms with Gasteiger partial charge in [0, 0.05) is 13.6 Å². The number of hydrogen-bond donors (Lipinski definition) is 1. The molecule has 4 nitrogen and oxygen atoms in total. The molecule has 0 spiro atoms. The van der Waals surface area contributed by atoms with Crippen LogP contribution in [0.4, 0.5) is 0 Å². The molecule has 1 fully saturated rings. The lowest BCUT2D eigenvalue weighted by molar-refractivity contribution is -0.139. The van der Waals surface area contributed by atoms with Crippen molar-refractivity contribution >= 4 is 5.91 Å². The van der Waals surface area contributed by atoms with Crippen LogP contribution >= 0.6 is 0 Å². The average molecular weight is 238 g/mol. The van der Waals surface area contributed by atoms with Crippen molar-refractivity contribution in [3.05, 3.63) is 0 Å². The number of aliphatic hydroxyl groups excluding tert-OH is 1. The van der Waals surface area contributed by atoms with E-state index in [-0.39, 0.29) is 5.91 Å². The van der Waals surface area contributed by atoms with Gasteiger partial charge in [0.05, 0.1) is 12.2 Å². The molecule has 0 aliphatic heterocycles. The van der Waals surface area contributed by atoms with Crippen LogP contribution in [0.25, 0.3) is 0 Å². The molecule has 0 aromatic rings. The second-order valence-corrected chi connectivity index (χ2v) is 5.12. The van der Waals surface area contributed by atoms with Gasteiger partial charge in [0.2, 0.25) is 5.91 Å². The molecule has 0 aromatic heterocycles. The zero-order chi connectivity index (χ0) is 12.9. The van der Waals surface area contributed by atoms with Crippen LogP contribution in [0.3, 0.4) is 0 Å². The predicted molar refractivity (Wildman–Crippen MR) is 65.1 cm³/mol. The first-order chi connectivity index (χ1) is 8.02. The van der Waals surface area contributed by atoms with Gasteiger partial charge in [-0.15, -0.1) is 0 Å². The monoisotopic (exact) mass is 238 g/mol. The first-order valence-electron chi connectivity index (χ1n) is 6.37. The Labute approximate surface area is 103 Å². The Morgan fingerprint density at radius 3 is 2.53 bits per heavy atom. The smallest absolute Gasteiger partial charge is 0.242 e. The lowest BCUT2D eigenvalue weighted by atomic mass is 9.74. The molecule has 0 radical (unpaired) electrons. The molecule has 1 rings (SSSR count). The van der Waals surface area contributed by atoms with E-state index in [4.69, 9.17) is 0 Å². The van der Waals surface area contributed by atoms with Crippen LogP contribution in [0.15, 0.2) is 0 Å². The Bertz CT molecular complexity index is 301. The van der Waals surface area contributed by atoms with Gasteiger partial charge in [-0.1, -0.05) is 19.3 Å². The molecule has 1 saturated carbocycles. The van der Waals surface area contributed by atoms with Gasteiger partial charge < -0.3 is 10.0 Å². The fraction of sp³-hybridized carbons (Fsp3) is 0.846. The minimum Gasteiger partial charge on any atom is -0.393 e. The quantitative estimate of drug-likeness (QED) is 0.810. The van der Waals surface area contributed by atoms with Gasteiger partial charge in [0.25, 0.3) is 0 Å². The molecule has 1 aliphatic carbocycles. The molecular weight excluding hydrogens is 216 g/mol. The first-order valence-corrected chi connectivity index (χ1v) is 6.37. The average Bonchev–Trinajstić information content (AvgIpc) is 2.35.